The summed E-state index contributed by atoms with van der Waals surface area (Å²) in [6.07, 6.45) is 2.58. The maximum Gasteiger partial charge on any atom is 0.410 e. The number of amides is 2. The number of carbonyl (C=O) groups excluding carboxylic acids is 2. The zero-order valence-corrected chi connectivity index (χ0v) is 28.3. The van der Waals surface area contributed by atoms with Crippen molar-refractivity contribution in [1.82, 2.24) is 29.7 Å². The Balaban J connectivity index is 1.45. The number of carbonyl (C=O) groups is 2. The van der Waals surface area contributed by atoms with Crippen LogP contribution in [0, 0.1) is 11.8 Å². The lowest BCUT2D eigenvalue weighted by Gasteiger charge is -2.27. The molecule has 0 spiro atoms. The summed E-state index contributed by atoms with van der Waals surface area (Å²) in [5, 5.41) is 0. The molecule has 0 fully saturated rings. The molecular weight excluding hydrogens is 580 g/mol. The van der Waals surface area contributed by atoms with Gasteiger partial charge in [-0.05, 0) is 84.7 Å². The van der Waals surface area contributed by atoms with Crippen molar-refractivity contribution in [3.05, 3.63) is 71.4 Å². The number of imidazole rings is 2. The Morgan fingerprint density at radius 3 is 1.96 bits per heavy atom. The highest BCUT2D eigenvalue weighted by Crippen LogP contribution is 2.23. The Kier molecular flexibility index (Phi) is 10.8. The largest absolute Gasteiger partial charge is 0.444 e. The monoisotopic (exact) mass is 626 g/mol. The highest BCUT2D eigenvalue weighted by atomic mass is 16.6. The van der Waals surface area contributed by atoms with Crippen LogP contribution in [-0.2, 0) is 22.6 Å². The summed E-state index contributed by atoms with van der Waals surface area (Å²) in [7, 11) is 0. The molecule has 0 aliphatic carbocycles. The number of H-pyrrole nitrogens is 2. The van der Waals surface area contributed by atoms with E-state index >= 15 is 0 Å². The Bertz CT molecular complexity index is 1700. The van der Waals surface area contributed by atoms with E-state index in [1.165, 1.54) is 0 Å². The van der Waals surface area contributed by atoms with Crippen molar-refractivity contribution >= 4 is 23.2 Å². The molecule has 4 rings (SSSR count). The molecule has 0 unspecified atom stereocenters. The van der Waals surface area contributed by atoms with Crippen molar-refractivity contribution in [2.24, 2.45) is 0 Å². The van der Waals surface area contributed by atoms with Gasteiger partial charge in [-0.3, -0.25) is 0 Å². The van der Waals surface area contributed by atoms with Crippen molar-refractivity contribution in [1.29, 1.82) is 0 Å². The van der Waals surface area contributed by atoms with Crippen LogP contribution >= 0.6 is 0 Å². The first kappa shape index (κ1) is 34.1. The van der Waals surface area contributed by atoms with Crippen molar-refractivity contribution in [3.8, 4) is 23.1 Å². The predicted octanol–water partition coefficient (Wildman–Crippen LogP) is 7.65. The van der Waals surface area contributed by atoms with Gasteiger partial charge in [-0.1, -0.05) is 37.8 Å². The van der Waals surface area contributed by atoms with E-state index in [2.05, 4.69) is 26.8 Å². The summed E-state index contributed by atoms with van der Waals surface area (Å²) in [4.78, 5) is 44.6. The summed E-state index contributed by atoms with van der Waals surface area (Å²) in [6, 6.07) is 13.7. The van der Waals surface area contributed by atoms with Crippen LogP contribution in [0.4, 0.5) is 9.59 Å². The highest BCUT2D eigenvalue weighted by molar-refractivity contribution is 5.77. The second-order valence-electron chi connectivity index (χ2n) is 13.3. The number of nitrogens with zero attached hydrogens (tertiary/aromatic N) is 4. The van der Waals surface area contributed by atoms with Crippen LogP contribution in [0.3, 0.4) is 0 Å². The molecule has 0 saturated heterocycles. The number of aromatic nitrogens is 4. The molecule has 10 heteroatoms. The second kappa shape index (κ2) is 14.5. The molecule has 0 radical (unpaired) electrons. The zero-order chi connectivity index (χ0) is 33.5. The number of hydrogen-bond acceptors (Lipinski definition) is 6. The van der Waals surface area contributed by atoms with E-state index in [9.17, 15) is 9.59 Å². The van der Waals surface area contributed by atoms with Gasteiger partial charge in [0.2, 0.25) is 0 Å². The minimum Gasteiger partial charge on any atom is -0.444 e. The summed E-state index contributed by atoms with van der Waals surface area (Å²) < 4.78 is 11.2. The van der Waals surface area contributed by atoms with Crippen LogP contribution in [-0.4, -0.2) is 66.2 Å². The van der Waals surface area contributed by atoms with E-state index in [-0.39, 0.29) is 12.2 Å². The molecule has 4 aromatic rings. The number of benzene rings is 2. The van der Waals surface area contributed by atoms with Gasteiger partial charge in [0.1, 0.15) is 17.0 Å². The number of fused-ring (bicyclic) bond motifs is 1. The van der Waals surface area contributed by atoms with Gasteiger partial charge in [0.15, 0.2) is 0 Å². The van der Waals surface area contributed by atoms with Crippen LogP contribution in [0.2, 0.25) is 0 Å². The molecular formula is C36H46N6O4. The quantitative estimate of drug-likeness (QED) is 0.184. The first-order valence-electron chi connectivity index (χ1n) is 15.8. The average Bonchev–Trinajstić information content (AvgIpc) is 3.60. The van der Waals surface area contributed by atoms with Crippen LogP contribution in [0.5, 0.6) is 0 Å². The first-order valence-corrected chi connectivity index (χ1v) is 15.8. The molecule has 0 atom stereocenters. The number of ether oxygens (including phenoxy) is 2. The Morgan fingerprint density at radius 1 is 0.804 bits per heavy atom. The third-order valence-electron chi connectivity index (χ3n) is 6.74. The minimum atomic E-state index is -0.566. The minimum absolute atomic E-state index is 0.333. The molecule has 2 amide bonds. The summed E-state index contributed by atoms with van der Waals surface area (Å²) in [6.45, 7) is 17.1. The molecule has 2 aromatic carbocycles. The van der Waals surface area contributed by atoms with Gasteiger partial charge in [-0.15, -0.1) is 0 Å². The van der Waals surface area contributed by atoms with E-state index in [1.54, 1.807) is 16.1 Å². The van der Waals surface area contributed by atoms with Gasteiger partial charge in [-0.25, -0.2) is 19.6 Å². The molecule has 0 saturated carbocycles. The van der Waals surface area contributed by atoms with E-state index in [1.807, 2.05) is 97.9 Å². The normalized spacial score (nSPS) is 11.6. The van der Waals surface area contributed by atoms with Gasteiger partial charge >= 0.3 is 12.2 Å². The van der Waals surface area contributed by atoms with Crippen LogP contribution < -0.4 is 0 Å². The molecule has 2 aromatic heterocycles. The fraction of sp³-hybridized carbons (Fsp3) is 0.444. The topological polar surface area (TPSA) is 116 Å². The maximum absolute atomic E-state index is 12.8. The first-order chi connectivity index (χ1) is 21.7. The third kappa shape index (κ3) is 9.61. The zero-order valence-electron chi connectivity index (χ0n) is 28.3. The molecule has 0 aliphatic heterocycles. The molecule has 0 aliphatic rings. The third-order valence-corrected chi connectivity index (χ3v) is 6.74. The average molecular weight is 627 g/mol. The van der Waals surface area contributed by atoms with Crippen LogP contribution in [0.15, 0.2) is 48.8 Å². The van der Waals surface area contributed by atoms with E-state index < -0.39 is 11.2 Å². The lowest BCUT2D eigenvalue weighted by atomic mass is 10.1. The van der Waals surface area contributed by atoms with E-state index in [0.717, 1.165) is 52.0 Å². The van der Waals surface area contributed by atoms with Gasteiger partial charge < -0.3 is 29.2 Å². The lowest BCUT2D eigenvalue weighted by Crippen LogP contribution is -2.37. The summed E-state index contributed by atoms with van der Waals surface area (Å²) in [5.41, 5.74) is 4.78. The number of nitrogens with one attached hydrogen (secondary N) is 2. The highest BCUT2D eigenvalue weighted by Gasteiger charge is 2.24. The molecule has 10 nitrogen and oxygen atoms in total. The second-order valence-corrected chi connectivity index (χ2v) is 13.3. The van der Waals surface area contributed by atoms with E-state index in [4.69, 9.17) is 14.5 Å². The Hall–Kier alpha value is -4.78. The van der Waals surface area contributed by atoms with Crippen LogP contribution in [0.1, 0.15) is 90.9 Å². The van der Waals surface area contributed by atoms with Crippen molar-refractivity contribution in [2.75, 3.05) is 13.1 Å². The maximum atomic E-state index is 12.8. The number of rotatable bonds is 9. The van der Waals surface area contributed by atoms with Gasteiger partial charge in [0.25, 0.3) is 0 Å². The molecule has 244 valence electrons. The van der Waals surface area contributed by atoms with Gasteiger partial charge in [0, 0.05) is 29.8 Å². The van der Waals surface area contributed by atoms with Gasteiger partial charge in [0.05, 0.1) is 41.8 Å². The van der Waals surface area contributed by atoms with Crippen molar-refractivity contribution in [3.63, 3.8) is 0 Å². The van der Waals surface area contributed by atoms with Crippen LogP contribution in [0.25, 0.3) is 22.3 Å². The molecule has 2 N–H and O–H groups in total. The fourth-order valence-electron chi connectivity index (χ4n) is 4.79. The predicted molar refractivity (Wildman–Crippen MR) is 180 cm³/mol. The Labute approximate surface area is 271 Å². The summed E-state index contributed by atoms with van der Waals surface area (Å²) >= 11 is 0. The fourth-order valence-corrected chi connectivity index (χ4v) is 4.79. The van der Waals surface area contributed by atoms with Crippen molar-refractivity contribution < 1.29 is 19.1 Å². The number of hydrogen-bond donors (Lipinski definition) is 2. The molecule has 0 bridgehead atoms. The van der Waals surface area contributed by atoms with Crippen molar-refractivity contribution in [2.45, 2.75) is 92.5 Å². The SMILES string of the molecule is CCCN(Cc1nc2cc(C#Cc3ccc(-c4nc[nH]c4CN(CCC)C(=O)OC(C)(C)C)cc3)ccc2[nH]1)C(=O)OC(C)(C)C. The standard InChI is InChI=1S/C36H46N6O4/c1-9-19-41(33(43)45-35(3,4)5)22-30-32(38-24-37-30)27-16-13-25(14-17-27)11-12-26-15-18-28-29(21-26)40-31(39-28)23-42(20-10-2)34(44)46-36(6,7)8/h13-18,21,24H,9-10,19-20,22-23H2,1-8H3,(H,37,38)(H,39,40). The summed E-state index contributed by atoms with van der Waals surface area (Å²) in [5.74, 6) is 7.16. The molecule has 46 heavy (non-hydrogen) atoms. The molecule has 2 heterocycles. The number of aromatic amines is 2. The smallest absolute Gasteiger partial charge is 0.410 e. The van der Waals surface area contributed by atoms with E-state index in [0.29, 0.717) is 32.0 Å². The lowest BCUT2D eigenvalue weighted by molar-refractivity contribution is 0.0221. The van der Waals surface area contributed by atoms with Gasteiger partial charge in [-0.2, -0.15) is 0 Å². The Morgan fingerprint density at radius 2 is 1.37 bits per heavy atom.